The first-order valence-electron chi connectivity index (χ1n) is 11.3. The minimum Gasteiger partial charge on any atom is -0.491 e. The molecule has 4 rings (SSSR count). The van der Waals surface area contributed by atoms with E-state index in [1.807, 2.05) is 50.2 Å². The molecule has 0 fully saturated rings. The number of ketones is 1. The number of nitrogens with zero attached hydrogens (tertiary/aromatic N) is 2. The van der Waals surface area contributed by atoms with Gasteiger partial charge in [0.25, 0.3) is 0 Å². The topological polar surface area (TPSA) is 94.8 Å². The largest absolute Gasteiger partial charge is 0.491 e. The van der Waals surface area contributed by atoms with Crippen LogP contribution in [0, 0.1) is 17.8 Å². The zero-order valence-corrected chi connectivity index (χ0v) is 19.9. The number of benzene rings is 2. The first kappa shape index (κ1) is 24.0. The molecule has 0 bridgehead atoms. The molecule has 0 unspecified atom stereocenters. The van der Waals surface area contributed by atoms with Crippen LogP contribution in [0.2, 0.25) is 0 Å². The molecule has 2 heterocycles. The van der Waals surface area contributed by atoms with Gasteiger partial charge < -0.3 is 20.1 Å². The zero-order chi connectivity index (χ0) is 25.0. The number of aromatic nitrogens is 1. The Morgan fingerprint density at radius 2 is 1.94 bits per heavy atom. The van der Waals surface area contributed by atoms with Crippen molar-refractivity contribution in [2.45, 2.75) is 25.8 Å². The number of pyridine rings is 1. The Morgan fingerprint density at radius 3 is 2.69 bits per heavy atom. The van der Waals surface area contributed by atoms with Crippen LogP contribution in [0.4, 0.5) is 5.69 Å². The normalized spacial score (nSPS) is 15.3. The van der Waals surface area contributed by atoms with E-state index in [1.165, 1.54) is 11.1 Å². The summed E-state index contributed by atoms with van der Waals surface area (Å²) in [4.78, 5) is 31.9. The standard InChI is InChI=1S/C28H27N3O4/c1-28(2,29)13-11-19-9-10-26-24(15-19)31(3)27(33)20(18-34-26)16-25(32)23-17-22(12-14-30-23)35-21-7-5-4-6-8-21/h4-10,12,14-15,17,20H,16,18,29H2,1-3H3/t20-/m0/s1. The van der Waals surface area contributed by atoms with Crippen LogP contribution in [0.15, 0.2) is 66.9 Å². The SMILES string of the molecule is CN1C(=O)[C@@H](CC(=O)c2cc(Oc3ccccc3)ccn2)COc2ccc(C#CC(C)(C)N)cc21. The van der Waals surface area contributed by atoms with Gasteiger partial charge >= 0.3 is 0 Å². The minimum absolute atomic E-state index is 0.0347. The summed E-state index contributed by atoms with van der Waals surface area (Å²) in [6, 6.07) is 17.9. The highest BCUT2D eigenvalue weighted by Gasteiger charge is 2.31. The lowest BCUT2D eigenvalue weighted by atomic mass is 10.00. The first-order valence-corrected chi connectivity index (χ1v) is 11.3. The van der Waals surface area contributed by atoms with E-state index in [9.17, 15) is 9.59 Å². The highest BCUT2D eigenvalue weighted by molar-refractivity contribution is 6.02. The molecule has 1 aliphatic heterocycles. The van der Waals surface area contributed by atoms with Crippen molar-refractivity contribution >= 4 is 17.4 Å². The van der Waals surface area contributed by atoms with Crippen LogP contribution in [0.5, 0.6) is 17.2 Å². The van der Waals surface area contributed by atoms with Crippen molar-refractivity contribution in [3.05, 3.63) is 78.1 Å². The van der Waals surface area contributed by atoms with Gasteiger partial charge in [-0.1, -0.05) is 30.0 Å². The summed E-state index contributed by atoms with van der Waals surface area (Å²) in [5.41, 5.74) is 6.87. The van der Waals surface area contributed by atoms with Crippen LogP contribution in [-0.4, -0.2) is 35.9 Å². The Hall–Kier alpha value is -4.15. The fraction of sp³-hybridized carbons (Fsp3) is 0.250. The van der Waals surface area contributed by atoms with Crippen molar-refractivity contribution < 1.29 is 19.1 Å². The Bertz CT molecular complexity index is 1300. The lowest BCUT2D eigenvalue weighted by Gasteiger charge is -2.19. The third-order valence-corrected chi connectivity index (χ3v) is 5.40. The van der Waals surface area contributed by atoms with Crippen molar-refractivity contribution in [3.63, 3.8) is 0 Å². The van der Waals surface area contributed by atoms with E-state index < -0.39 is 11.5 Å². The van der Waals surface area contributed by atoms with Gasteiger partial charge in [0.2, 0.25) is 5.91 Å². The molecular weight excluding hydrogens is 442 g/mol. The van der Waals surface area contributed by atoms with Crippen molar-refractivity contribution in [1.82, 2.24) is 4.98 Å². The van der Waals surface area contributed by atoms with E-state index in [4.69, 9.17) is 15.2 Å². The molecule has 1 aliphatic rings. The Labute approximate surface area is 204 Å². The molecule has 0 radical (unpaired) electrons. The van der Waals surface area contributed by atoms with Gasteiger partial charge in [0.05, 0.1) is 17.1 Å². The predicted molar refractivity (Wildman–Crippen MR) is 134 cm³/mol. The Morgan fingerprint density at radius 1 is 1.17 bits per heavy atom. The van der Waals surface area contributed by atoms with E-state index in [1.54, 1.807) is 31.3 Å². The molecule has 3 aromatic rings. The predicted octanol–water partition coefficient (Wildman–Crippen LogP) is 4.21. The van der Waals surface area contributed by atoms with E-state index in [-0.39, 0.29) is 30.4 Å². The maximum atomic E-state index is 13.2. The molecule has 0 spiro atoms. The van der Waals surface area contributed by atoms with Gasteiger partial charge in [-0.25, -0.2) is 0 Å². The molecule has 1 atom stereocenters. The Kier molecular flexibility index (Phi) is 6.85. The smallest absolute Gasteiger partial charge is 0.233 e. The highest BCUT2D eigenvalue weighted by Crippen LogP contribution is 2.33. The van der Waals surface area contributed by atoms with Gasteiger partial charge in [0.15, 0.2) is 5.78 Å². The van der Waals surface area contributed by atoms with E-state index in [0.717, 1.165) is 5.56 Å². The van der Waals surface area contributed by atoms with Crippen LogP contribution < -0.4 is 20.1 Å². The number of Topliss-reactive ketones (excluding diaryl/α,β-unsaturated/α-hetero) is 1. The van der Waals surface area contributed by atoms with Gasteiger partial charge in [-0.15, -0.1) is 0 Å². The number of amides is 1. The third kappa shape index (κ3) is 6.05. The number of carbonyl (C=O) groups is 2. The number of nitrogens with two attached hydrogens (primary N) is 1. The third-order valence-electron chi connectivity index (χ3n) is 5.40. The van der Waals surface area contributed by atoms with Crippen LogP contribution in [0.3, 0.4) is 0 Å². The highest BCUT2D eigenvalue weighted by atomic mass is 16.5. The van der Waals surface area contributed by atoms with E-state index >= 15 is 0 Å². The fourth-order valence-corrected chi connectivity index (χ4v) is 3.59. The zero-order valence-electron chi connectivity index (χ0n) is 19.9. The lowest BCUT2D eigenvalue weighted by molar-refractivity contribution is -0.122. The summed E-state index contributed by atoms with van der Waals surface area (Å²) < 4.78 is 11.7. The summed E-state index contributed by atoms with van der Waals surface area (Å²) in [6.07, 6.45) is 1.48. The van der Waals surface area contributed by atoms with Crippen molar-refractivity contribution in [3.8, 4) is 29.1 Å². The number of fused-ring (bicyclic) bond motifs is 1. The number of para-hydroxylation sites is 1. The molecular formula is C28H27N3O4. The molecule has 7 heteroatoms. The first-order chi connectivity index (χ1) is 16.7. The molecule has 0 saturated carbocycles. The molecule has 0 aliphatic carbocycles. The fourth-order valence-electron chi connectivity index (χ4n) is 3.59. The average molecular weight is 470 g/mol. The summed E-state index contributed by atoms with van der Waals surface area (Å²) >= 11 is 0. The van der Waals surface area contributed by atoms with Crippen molar-refractivity contribution in [1.29, 1.82) is 0 Å². The molecule has 35 heavy (non-hydrogen) atoms. The van der Waals surface area contributed by atoms with Crippen molar-refractivity contribution in [2.75, 3.05) is 18.6 Å². The minimum atomic E-state index is -0.655. The number of hydrogen-bond donors (Lipinski definition) is 1. The number of carbonyl (C=O) groups excluding carboxylic acids is 2. The number of ether oxygens (including phenoxy) is 2. The van der Waals surface area contributed by atoms with Crippen LogP contribution >= 0.6 is 0 Å². The van der Waals surface area contributed by atoms with Gasteiger partial charge in [-0.2, -0.15) is 0 Å². The van der Waals surface area contributed by atoms with Gasteiger partial charge in [-0.3, -0.25) is 14.6 Å². The maximum Gasteiger partial charge on any atom is 0.233 e. The summed E-state index contributed by atoms with van der Waals surface area (Å²) in [7, 11) is 1.67. The molecule has 1 amide bonds. The number of anilines is 1. The molecule has 178 valence electrons. The molecule has 0 saturated heterocycles. The Balaban J connectivity index is 1.48. The quantitative estimate of drug-likeness (QED) is 0.444. The van der Waals surface area contributed by atoms with Crippen LogP contribution in [0.25, 0.3) is 0 Å². The maximum absolute atomic E-state index is 13.2. The van der Waals surface area contributed by atoms with Gasteiger partial charge in [-0.05, 0) is 50.2 Å². The second-order valence-corrected chi connectivity index (χ2v) is 8.98. The number of hydrogen-bond acceptors (Lipinski definition) is 6. The number of rotatable bonds is 5. The molecule has 1 aromatic heterocycles. The second-order valence-electron chi connectivity index (χ2n) is 8.98. The molecule has 7 nitrogen and oxygen atoms in total. The van der Waals surface area contributed by atoms with Crippen molar-refractivity contribution in [2.24, 2.45) is 11.7 Å². The summed E-state index contributed by atoms with van der Waals surface area (Å²) in [6.45, 7) is 3.73. The van der Waals surface area contributed by atoms with Crippen LogP contribution in [-0.2, 0) is 4.79 Å². The summed E-state index contributed by atoms with van der Waals surface area (Å²) in [5, 5.41) is 0. The lowest BCUT2D eigenvalue weighted by Crippen LogP contribution is -2.35. The molecule has 2 N–H and O–H groups in total. The van der Waals surface area contributed by atoms with E-state index in [2.05, 4.69) is 16.8 Å². The van der Waals surface area contributed by atoms with E-state index in [0.29, 0.717) is 22.9 Å². The van der Waals surface area contributed by atoms with Gasteiger partial charge in [0, 0.05) is 31.3 Å². The van der Waals surface area contributed by atoms with Gasteiger partial charge in [0.1, 0.15) is 29.5 Å². The second kappa shape index (κ2) is 10.00. The van der Waals surface area contributed by atoms with Crippen LogP contribution in [0.1, 0.15) is 36.3 Å². The summed E-state index contributed by atoms with van der Waals surface area (Å²) in [5.74, 6) is 6.60. The monoisotopic (exact) mass is 469 g/mol. The molecule has 2 aromatic carbocycles. The average Bonchev–Trinajstić information content (AvgIpc) is 2.95.